The molecule has 2 rings (SSSR count). The first-order valence-electron chi connectivity index (χ1n) is 7.48. The fraction of sp³-hybridized carbons (Fsp3) is 0.222. The maximum absolute atomic E-state index is 12.1. The Labute approximate surface area is 138 Å². The van der Waals surface area contributed by atoms with Gasteiger partial charge in [-0.15, -0.1) is 0 Å². The van der Waals surface area contributed by atoms with Crippen LogP contribution in [0, 0.1) is 0 Å². The highest BCUT2D eigenvalue weighted by atomic mass is 32.2. The number of hydrogen-bond donors (Lipinski definition) is 2. The van der Waals surface area contributed by atoms with Crippen LogP contribution in [0.2, 0.25) is 0 Å². The Morgan fingerprint density at radius 1 is 1.09 bits per heavy atom. The summed E-state index contributed by atoms with van der Waals surface area (Å²) < 4.78 is 26.8. The van der Waals surface area contributed by atoms with Crippen molar-refractivity contribution in [3.8, 4) is 0 Å². The molecule has 0 fully saturated rings. The summed E-state index contributed by atoms with van der Waals surface area (Å²) in [4.78, 5) is 0. The topological polar surface area (TPSA) is 72.2 Å². The lowest BCUT2D eigenvalue weighted by Crippen LogP contribution is -2.23. The van der Waals surface area contributed by atoms with E-state index in [1.165, 1.54) is 0 Å². The number of nitrogens with two attached hydrogens (primary N) is 1. The number of nitrogen functional groups attached to an aromatic ring is 1. The van der Waals surface area contributed by atoms with E-state index < -0.39 is 15.3 Å². The lowest BCUT2D eigenvalue weighted by Gasteiger charge is -2.15. The smallest absolute Gasteiger partial charge is 0.235 e. The first-order valence-corrected chi connectivity index (χ1v) is 9.03. The fourth-order valence-electron chi connectivity index (χ4n) is 2.20. The molecule has 0 saturated heterocycles. The normalized spacial score (nSPS) is 12.4. The van der Waals surface area contributed by atoms with Crippen molar-refractivity contribution in [1.29, 1.82) is 0 Å². The van der Waals surface area contributed by atoms with Crippen LogP contribution in [0.25, 0.3) is 5.57 Å². The third kappa shape index (κ3) is 3.93. The molecular weight excluding hydrogens is 308 g/mol. The van der Waals surface area contributed by atoms with Gasteiger partial charge in [0.2, 0.25) is 10.0 Å². The molecule has 23 heavy (non-hydrogen) atoms. The Balaban J connectivity index is 2.45. The summed E-state index contributed by atoms with van der Waals surface area (Å²) in [6.45, 7) is 5.21. The minimum atomic E-state index is -3.44. The monoisotopic (exact) mass is 330 g/mol. The molecule has 0 aliphatic rings. The van der Waals surface area contributed by atoms with Gasteiger partial charge in [0, 0.05) is 0 Å². The van der Waals surface area contributed by atoms with Gasteiger partial charge in [0.05, 0.1) is 16.6 Å². The number of rotatable bonds is 5. The second kappa shape index (κ2) is 6.87. The minimum absolute atomic E-state index is 0.404. The molecule has 0 aliphatic heterocycles. The third-order valence-electron chi connectivity index (χ3n) is 3.61. The van der Waals surface area contributed by atoms with Gasteiger partial charge in [-0.1, -0.05) is 42.5 Å². The molecule has 0 saturated carbocycles. The molecular formula is C18H22N2O2S. The van der Waals surface area contributed by atoms with Crippen LogP contribution in [-0.4, -0.2) is 13.7 Å². The maximum atomic E-state index is 12.1. The molecule has 0 amide bonds. The highest BCUT2D eigenvalue weighted by molar-refractivity contribution is 7.93. The molecule has 3 N–H and O–H groups in total. The average molecular weight is 330 g/mol. The van der Waals surface area contributed by atoms with E-state index in [4.69, 9.17) is 5.73 Å². The van der Waals surface area contributed by atoms with Gasteiger partial charge in [0.15, 0.2) is 0 Å². The molecule has 0 radical (unpaired) electrons. The summed E-state index contributed by atoms with van der Waals surface area (Å²) in [7, 11) is -3.44. The Bertz CT molecular complexity index is 810. The number of sulfonamides is 1. The summed E-state index contributed by atoms with van der Waals surface area (Å²) in [6.07, 6.45) is 2.00. The lowest BCUT2D eigenvalue weighted by atomic mass is 9.97. The van der Waals surface area contributed by atoms with Crippen LogP contribution in [0.1, 0.15) is 31.9 Å². The molecule has 122 valence electrons. The SMILES string of the molecule is C/C=C(/c1ccccc1)c1ccc(N)c(NS(=O)(=O)C(C)C)c1. The zero-order chi connectivity index (χ0) is 17.0. The van der Waals surface area contributed by atoms with Crippen LogP contribution >= 0.6 is 0 Å². The van der Waals surface area contributed by atoms with Crippen molar-refractivity contribution in [2.24, 2.45) is 0 Å². The van der Waals surface area contributed by atoms with Crippen molar-refractivity contribution in [3.05, 3.63) is 65.7 Å². The lowest BCUT2D eigenvalue weighted by molar-refractivity contribution is 0.593. The van der Waals surface area contributed by atoms with Crippen molar-refractivity contribution >= 4 is 27.0 Å². The van der Waals surface area contributed by atoms with Crippen LogP contribution in [0.15, 0.2) is 54.6 Å². The van der Waals surface area contributed by atoms with E-state index >= 15 is 0 Å². The first-order chi connectivity index (χ1) is 10.8. The number of benzene rings is 2. The predicted molar refractivity (Wildman–Crippen MR) is 97.7 cm³/mol. The molecule has 0 aliphatic carbocycles. The van der Waals surface area contributed by atoms with E-state index in [1.807, 2.05) is 49.4 Å². The average Bonchev–Trinajstić information content (AvgIpc) is 2.52. The fourth-order valence-corrected chi connectivity index (χ4v) is 2.92. The quantitative estimate of drug-likeness (QED) is 0.817. The molecule has 0 spiro atoms. The number of hydrogen-bond acceptors (Lipinski definition) is 3. The van der Waals surface area contributed by atoms with Crippen LogP contribution in [0.4, 0.5) is 11.4 Å². The highest BCUT2D eigenvalue weighted by Gasteiger charge is 2.17. The molecule has 0 aromatic heterocycles. The Kier molecular flexibility index (Phi) is 5.11. The Morgan fingerprint density at radius 2 is 1.74 bits per heavy atom. The van der Waals surface area contributed by atoms with E-state index in [1.54, 1.807) is 26.0 Å². The van der Waals surface area contributed by atoms with Crippen LogP contribution in [0.5, 0.6) is 0 Å². The van der Waals surface area contributed by atoms with Gasteiger partial charge in [-0.05, 0) is 49.6 Å². The van der Waals surface area contributed by atoms with Crippen LogP contribution < -0.4 is 10.5 Å². The molecule has 4 nitrogen and oxygen atoms in total. The van der Waals surface area contributed by atoms with E-state index in [0.29, 0.717) is 11.4 Å². The summed E-state index contributed by atoms with van der Waals surface area (Å²) in [5.74, 6) is 0. The summed E-state index contributed by atoms with van der Waals surface area (Å²) in [6, 6.07) is 15.3. The van der Waals surface area contributed by atoms with Crippen molar-refractivity contribution in [1.82, 2.24) is 0 Å². The van der Waals surface area contributed by atoms with Crippen molar-refractivity contribution in [2.75, 3.05) is 10.5 Å². The summed E-state index contributed by atoms with van der Waals surface area (Å²) in [5, 5.41) is -0.527. The second-order valence-electron chi connectivity index (χ2n) is 5.57. The zero-order valence-corrected chi connectivity index (χ0v) is 14.4. The molecule has 0 heterocycles. The van der Waals surface area contributed by atoms with Crippen LogP contribution in [0.3, 0.4) is 0 Å². The molecule has 0 atom stereocenters. The highest BCUT2D eigenvalue weighted by Crippen LogP contribution is 2.29. The van der Waals surface area contributed by atoms with Gasteiger partial charge < -0.3 is 5.73 Å². The van der Waals surface area contributed by atoms with Gasteiger partial charge in [0.25, 0.3) is 0 Å². The van der Waals surface area contributed by atoms with Gasteiger partial charge in [0.1, 0.15) is 0 Å². The summed E-state index contributed by atoms with van der Waals surface area (Å²) in [5.41, 5.74) is 9.75. The first kappa shape index (κ1) is 17.1. The van der Waals surface area contributed by atoms with E-state index in [-0.39, 0.29) is 0 Å². The molecule has 0 bridgehead atoms. The molecule has 5 heteroatoms. The molecule has 2 aromatic carbocycles. The largest absolute Gasteiger partial charge is 0.397 e. The predicted octanol–water partition coefficient (Wildman–Crippen LogP) is 3.87. The van der Waals surface area contributed by atoms with Crippen molar-refractivity contribution < 1.29 is 8.42 Å². The Hall–Kier alpha value is -2.27. The molecule has 2 aromatic rings. The summed E-state index contributed by atoms with van der Waals surface area (Å²) >= 11 is 0. The van der Waals surface area contributed by atoms with Gasteiger partial charge in [-0.3, -0.25) is 4.72 Å². The van der Waals surface area contributed by atoms with E-state index in [9.17, 15) is 8.42 Å². The number of anilines is 2. The molecule has 0 unspecified atom stereocenters. The van der Waals surface area contributed by atoms with E-state index in [2.05, 4.69) is 4.72 Å². The second-order valence-corrected chi connectivity index (χ2v) is 7.80. The third-order valence-corrected chi connectivity index (χ3v) is 5.36. The number of nitrogens with one attached hydrogen (secondary N) is 1. The maximum Gasteiger partial charge on any atom is 0.235 e. The van der Waals surface area contributed by atoms with Crippen molar-refractivity contribution in [2.45, 2.75) is 26.0 Å². The number of allylic oxidation sites excluding steroid dienone is 1. The van der Waals surface area contributed by atoms with E-state index in [0.717, 1.165) is 16.7 Å². The minimum Gasteiger partial charge on any atom is -0.397 e. The van der Waals surface area contributed by atoms with Crippen molar-refractivity contribution in [3.63, 3.8) is 0 Å². The standard InChI is InChI=1S/C18H22N2O2S/c1-4-16(14-8-6-5-7-9-14)15-10-11-17(19)18(12-15)20-23(21,22)13(2)3/h4-13,20H,19H2,1-3H3/b16-4-. The van der Waals surface area contributed by atoms with Gasteiger partial charge in [-0.2, -0.15) is 0 Å². The zero-order valence-electron chi connectivity index (χ0n) is 13.6. The van der Waals surface area contributed by atoms with Gasteiger partial charge >= 0.3 is 0 Å². The van der Waals surface area contributed by atoms with Gasteiger partial charge in [-0.25, -0.2) is 8.42 Å². The van der Waals surface area contributed by atoms with Crippen LogP contribution in [-0.2, 0) is 10.0 Å². The Morgan fingerprint density at radius 3 is 2.30 bits per heavy atom.